The van der Waals surface area contributed by atoms with Crippen LogP contribution in [0.25, 0.3) is 11.4 Å². The largest absolute Gasteiger partial charge is 0.471 e. The van der Waals surface area contributed by atoms with Gasteiger partial charge in [-0.15, -0.1) is 0 Å². The van der Waals surface area contributed by atoms with Gasteiger partial charge in [0.25, 0.3) is 5.91 Å². The number of amides is 1. The Morgan fingerprint density at radius 3 is 2.36 bits per heavy atom. The Labute approximate surface area is 158 Å². The molecule has 3 aromatic rings. The van der Waals surface area contributed by atoms with E-state index in [1.165, 1.54) is 12.1 Å². The van der Waals surface area contributed by atoms with E-state index >= 15 is 0 Å². The zero-order valence-electron chi connectivity index (χ0n) is 14.8. The summed E-state index contributed by atoms with van der Waals surface area (Å²) in [5.41, 5.74) is 1.88. The lowest BCUT2D eigenvalue weighted by Crippen LogP contribution is -2.51. The van der Waals surface area contributed by atoms with Crippen LogP contribution in [0.3, 0.4) is 0 Å². The third-order valence-corrected chi connectivity index (χ3v) is 4.82. The number of nitrogens with zero attached hydrogens (tertiary/aromatic N) is 3. The highest BCUT2D eigenvalue weighted by Gasteiger charge is 2.40. The fraction of sp³-hybridized carbons (Fsp3) is 0.250. The second-order valence-corrected chi connectivity index (χ2v) is 6.79. The summed E-state index contributed by atoms with van der Waals surface area (Å²) in [7, 11) is 0. The molecule has 1 aliphatic rings. The molecule has 2 aromatic carbocycles. The summed E-state index contributed by atoms with van der Waals surface area (Å²) < 4.78 is 42.0. The first-order valence-corrected chi connectivity index (χ1v) is 8.72. The van der Waals surface area contributed by atoms with E-state index in [9.17, 15) is 18.0 Å². The molecule has 1 aromatic heterocycles. The molecule has 1 amide bonds. The number of alkyl halides is 3. The minimum atomic E-state index is -4.69. The van der Waals surface area contributed by atoms with Crippen molar-refractivity contribution in [3.8, 4) is 11.4 Å². The minimum absolute atomic E-state index is 0.0138. The quantitative estimate of drug-likeness (QED) is 0.660. The summed E-state index contributed by atoms with van der Waals surface area (Å²) in [6, 6.07) is 16.0. The van der Waals surface area contributed by atoms with Gasteiger partial charge in [0.1, 0.15) is 0 Å². The van der Waals surface area contributed by atoms with Gasteiger partial charge in [0, 0.05) is 17.7 Å². The van der Waals surface area contributed by atoms with Crippen molar-refractivity contribution in [1.82, 2.24) is 15.0 Å². The van der Waals surface area contributed by atoms with Gasteiger partial charge in [0.15, 0.2) is 0 Å². The number of benzene rings is 2. The summed E-state index contributed by atoms with van der Waals surface area (Å²) in [6.07, 6.45) is -4.69. The fourth-order valence-electron chi connectivity index (χ4n) is 3.44. The van der Waals surface area contributed by atoms with Crippen LogP contribution in [0, 0.1) is 5.92 Å². The molecule has 0 spiro atoms. The zero-order valence-corrected chi connectivity index (χ0v) is 14.8. The Morgan fingerprint density at radius 2 is 1.79 bits per heavy atom. The smallest absolute Gasteiger partial charge is 0.331 e. The van der Waals surface area contributed by atoms with E-state index in [0.29, 0.717) is 23.6 Å². The third kappa shape index (κ3) is 3.26. The number of rotatable bonds is 3. The summed E-state index contributed by atoms with van der Waals surface area (Å²) in [5.74, 6) is -1.35. The molecular weight excluding hydrogens is 371 g/mol. The van der Waals surface area contributed by atoms with Crippen LogP contribution in [0.15, 0.2) is 59.1 Å². The maximum Gasteiger partial charge on any atom is 0.471 e. The molecule has 4 rings (SSSR count). The van der Waals surface area contributed by atoms with Gasteiger partial charge in [-0.3, -0.25) is 4.79 Å². The first kappa shape index (κ1) is 18.2. The maximum absolute atomic E-state index is 12.9. The number of aromatic nitrogens is 2. The van der Waals surface area contributed by atoms with E-state index in [1.807, 2.05) is 30.3 Å². The van der Waals surface area contributed by atoms with E-state index in [-0.39, 0.29) is 17.8 Å². The highest BCUT2D eigenvalue weighted by Crippen LogP contribution is 2.39. The van der Waals surface area contributed by atoms with Crippen molar-refractivity contribution < 1.29 is 22.5 Å². The molecule has 0 bridgehead atoms. The lowest BCUT2D eigenvalue weighted by atomic mass is 9.84. The van der Waals surface area contributed by atoms with Crippen LogP contribution in [0.4, 0.5) is 13.2 Å². The molecule has 0 saturated carbocycles. The molecule has 0 N–H and O–H groups in total. The Hall–Kier alpha value is -3.16. The second-order valence-electron chi connectivity index (χ2n) is 6.79. The van der Waals surface area contributed by atoms with E-state index in [2.05, 4.69) is 21.6 Å². The highest BCUT2D eigenvalue weighted by molar-refractivity contribution is 5.95. The van der Waals surface area contributed by atoms with Gasteiger partial charge in [-0.05, 0) is 23.6 Å². The van der Waals surface area contributed by atoms with Gasteiger partial charge < -0.3 is 9.42 Å². The standard InChI is InChI=1S/C20H16F3N3O2/c1-12-11-26(16(12)13-5-3-2-4-6-13)18(27)15-9-7-14(8-10-15)17-24-19(28-25-17)20(21,22)23/h2-10,12,16H,11H2,1H3/t12-,16-/m1/s1. The number of likely N-dealkylation sites (tertiary alicyclic amines) is 1. The Bertz CT molecular complexity index is 984. The van der Waals surface area contributed by atoms with Crippen LogP contribution < -0.4 is 0 Å². The predicted molar refractivity (Wildman–Crippen MR) is 94.1 cm³/mol. The van der Waals surface area contributed by atoms with Crippen LogP contribution in [0.5, 0.6) is 0 Å². The Morgan fingerprint density at radius 1 is 1.11 bits per heavy atom. The molecule has 0 unspecified atom stereocenters. The van der Waals surface area contributed by atoms with Crippen molar-refractivity contribution in [3.05, 3.63) is 71.6 Å². The third-order valence-electron chi connectivity index (χ3n) is 4.82. The van der Waals surface area contributed by atoms with Crippen LogP contribution in [0.2, 0.25) is 0 Å². The average Bonchev–Trinajstić information content (AvgIpc) is 3.17. The molecular formula is C20H16F3N3O2. The van der Waals surface area contributed by atoms with Crippen LogP contribution in [-0.2, 0) is 6.18 Å². The van der Waals surface area contributed by atoms with Gasteiger partial charge in [0.05, 0.1) is 6.04 Å². The van der Waals surface area contributed by atoms with Crippen molar-refractivity contribution in [2.75, 3.05) is 6.54 Å². The molecule has 5 nitrogen and oxygen atoms in total. The number of carbonyl (C=O) groups is 1. The van der Waals surface area contributed by atoms with E-state index in [0.717, 1.165) is 5.56 Å². The topological polar surface area (TPSA) is 59.2 Å². The summed E-state index contributed by atoms with van der Waals surface area (Å²) >= 11 is 0. The van der Waals surface area contributed by atoms with Crippen molar-refractivity contribution in [2.45, 2.75) is 19.1 Å². The van der Waals surface area contributed by atoms with Gasteiger partial charge in [0.2, 0.25) is 5.82 Å². The van der Waals surface area contributed by atoms with Gasteiger partial charge >= 0.3 is 12.1 Å². The average molecular weight is 387 g/mol. The van der Waals surface area contributed by atoms with Gasteiger partial charge in [-0.1, -0.05) is 54.5 Å². The van der Waals surface area contributed by atoms with Crippen molar-refractivity contribution in [1.29, 1.82) is 0 Å². The van der Waals surface area contributed by atoms with Gasteiger partial charge in [-0.2, -0.15) is 18.2 Å². The molecule has 8 heteroatoms. The number of carbonyl (C=O) groups excluding carboxylic acids is 1. The normalized spacial score (nSPS) is 19.4. The summed E-state index contributed by atoms with van der Waals surface area (Å²) in [5, 5.41) is 3.35. The molecule has 2 atom stereocenters. The molecule has 0 aliphatic carbocycles. The molecule has 144 valence electrons. The maximum atomic E-state index is 12.9. The van der Waals surface area contributed by atoms with E-state index in [4.69, 9.17) is 0 Å². The fourth-order valence-corrected chi connectivity index (χ4v) is 3.44. The van der Waals surface area contributed by atoms with Crippen molar-refractivity contribution >= 4 is 5.91 Å². The summed E-state index contributed by atoms with van der Waals surface area (Å²) in [4.78, 5) is 18.0. The Balaban J connectivity index is 1.52. The molecule has 1 fully saturated rings. The molecule has 1 aliphatic heterocycles. The molecule has 0 radical (unpaired) electrons. The molecule has 28 heavy (non-hydrogen) atoms. The van der Waals surface area contributed by atoms with E-state index < -0.39 is 12.1 Å². The lowest BCUT2D eigenvalue weighted by Gasteiger charge is -2.47. The number of hydrogen-bond acceptors (Lipinski definition) is 4. The van der Waals surface area contributed by atoms with Crippen molar-refractivity contribution in [3.63, 3.8) is 0 Å². The number of halogens is 3. The first-order chi connectivity index (χ1) is 13.3. The van der Waals surface area contributed by atoms with Crippen molar-refractivity contribution in [2.24, 2.45) is 5.92 Å². The second kappa shape index (κ2) is 6.78. The van der Waals surface area contributed by atoms with E-state index in [1.54, 1.807) is 17.0 Å². The highest BCUT2D eigenvalue weighted by atomic mass is 19.4. The number of hydrogen-bond donors (Lipinski definition) is 0. The summed E-state index contributed by atoms with van der Waals surface area (Å²) in [6.45, 7) is 2.75. The van der Waals surface area contributed by atoms with Crippen LogP contribution >= 0.6 is 0 Å². The van der Waals surface area contributed by atoms with Crippen LogP contribution in [-0.4, -0.2) is 27.5 Å². The van der Waals surface area contributed by atoms with Crippen LogP contribution in [0.1, 0.15) is 34.8 Å². The monoisotopic (exact) mass is 387 g/mol. The predicted octanol–water partition coefficient (Wildman–Crippen LogP) is 4.59. The lowest BCUT2D eigenvalue weighted by molar-refractivity contribution is -0.159. The molecule has 2 heterocycles. The Kier molecular flexibility index (Phi) is 4.41. The molecule has 1 saturated heterocycles. The SMILES string of the molecule is C[C@@H]1CN(C(=O)c2ccc(-c3noc(C(F)(F)F)n3)cc2)[C@H]1c1ccccc1. The first-order valence-electron chi connectivity index (χ1n) is 8.72. The minimum Gasteiger partial charge on any atom is -0.331 e. The van der Waals surface area contributed by atoms with Gasteiger partial charge in [-0.25, -0.2) is 0 Å². The zero-order chi connectivity index (χ0) is 19.9.